The fraction of sp³-hybridized carbons (Fsp3) is 0.250. The molecule has 0 N–H and O–H groups in total. The zero-order valence-electron chi connectivity index (χ0n) is 8.26. The Bertz CT molecular complexity index is 381. The molecule has 0 atom stereocenters. The molecule has 0 amide bonds. The van der Waals surface area contributed by atoms with E-state index in [-0.39, 0.29) is 0 Å². The monoisotopic (exact) mass is 171 g/mol. The van der Waals surface area contributed by atoms with Crippen molar-refractivity contribution in [3.8, 4) is 6.07 Å². The smallest absolute Gasteiger partial charge is 0.0915 e. The molecule has 0 aliphatic rings. The van der Waals surface area contributed by atoms with Crippen molar-refractivity contribution in [2.24, 2.45) is 0 Å². The summed E-state index contributed by atoms with van der Waals surface area (Å²) < 4.78 is 0. The van der Waals surface area contributed by atoms with E-state index in [1.54, 1.807) is 6.08 Å². The first-order valence-corrected chi connectivity index (χ1v) is 4.29. The molecular weight excluding hydrogens is 158 g/mol. The van der Waals surface area contributed by atoms with Gasteiger partial charge in [0.2, 0.25) is 0 Å². The van der Waals surface area contributed by atoms with Gasteiger partial charge in [-0.25, -0.2) is 0 Å². The van der Waals surface area contributed by atoms with Crippen molar-refractivity contribution in [2.45, 2.75) is 20.8 Å². The van der Waals surface area contributed by atoms with Crippen LogP contribution in [0.5, 0.6) is 0 Å². The Morgan fingerprint density at radius 1 is 1.38 bits per heavy atom. The standard InChI is InChI=1S/C12H13N/c1-9-4-5-10(2)12(8-9)11(3)6-7-13/h4-6,8H,1-3H3. The van der Waals surface area contributed by atoms with E-state index in [2.05, 4.69) is 38.1 Å². The molecule has 0 aliphatic carbocycles. The highest BCUT2D eigenvalue weighted by Gasteiger charge is 1.99. The van der Waals surface area contributed by atoms with E-state index in [0.29, 0.717) is 0 Å². The lowest BCUT2D eigenvalue weighted by Gasteiger charge is -2.05. The molecule has 0 heterocycles. The van der Waals surface area contributed by atoms with Gasteiger partial charge in [0.05, 0.1) is 6.07 Å². The maximum atomic E-state index is 8.53. The fourth-order valence-electron chi connectivity index (χ4n) is 1.34. The van der Waals surface area contributed by atoms with Gasteiger partial charge in [0.15, 0.2) is 0 Å². The molecule has 1 heteroatoms. The molecule has 0 aliphatic heterocycles. The zero-order chi connectivity index (χ0) is 9.84. The third-order valence-electron chi connectivity index (χ3n) is 2.10. The summed E-state index contributed by atoms with van der Waals surface area (Å²) in [5.41, 5.74) is 4.64. The van der Waals surface area contributed by atoms with Gasteiger partial charge in [-0.2, -0.15) is 5.26 Å². The first-order valence-electron chi connectivity index (χ1n) is 4.29. The number of hydrogen-bond acceptors (Lipinski definition) is 1. The topological polar surface area (TPSA) is 23.8 Å². The van der Waals surface area contributed by atoms with Gasteiger partial charge in [-0.3, -0.25) is 0 Å². The Labute approximate surface area is 79.3 Å². The molecule has 1 nitrogen and oxygen atoms in total. The summed E-state index contributed by atoms with van der Waals surface area (Å²) in [6, 6.07) is 8.32. The van der Waals surface area contributed by atoms with Crippen molar-refractivity contribution in [2.75, 3.05) is 0 Å². The van der Waals surface area contributed by atoms with E-state index in [0.717, 1.165) is 5.57 Å². The van der Waals surface area contributed by atoms with E-state index in [4.69, 9.17) is 5.26 Å². The van der Waals surface area contributed by atoms with Gasteiger partial charge in [0.25, 0.3) is 0 Å². The molecule has 1 aromatic rings. The SMILES string of the molecule is CC(=CC#N)c1cc(C)ccc1C. The van der Waals surface area contributed by atoms with Crippen LogP contribution in [0.2, 0.25) is 0 Å². The summed E-state index contributed by atoms with van der Waals surface area (Å²) in [4.78, 5) is 0. The van der Waals surface area contributed by atoms with Crippen molar-refractivity contribution in [1.29, 1.82) is 5.26 Å². The third-order valence-corrected chi connectivity index (χ3v) is 2.10. The van der Waals surface area contributed by atoms with Crippen LogP contribution in [-0.2, 0) is 0 Å². The maximum absolute atomic E-state index is 8.53. The molecular formula is C12H13N. The normalized spacial score (nSPS) is 11.1. The molecule has 0 saturated heterocycles. The zero-order valence-corrected chi connectivity index (χ0v) is 8.26. The maximum Gasteiger partial charge on any atom is 0.0915 e. The molecule has 0 bridgehead atoms. The highest BCUT2D eigenvalue weighted by Crippen LogP contribution is 2.19. The summed E-state index contributed by atoms with van der Waals surface area (Å²) in [6.45, 7) is 6.08. The van der Waals surface area contributed by atoms with Crippen LogP contribution in [0.1, 0.15) is 23.6 Å². The van der Waals surface area contributed by atoms with E-state index >= 15 is 0 Å². The van der Waals surface area contributed by atoms with Crippen molar-refractivity contribution >= 4 is 5.57 Å². The second-order valence-corrected chi connectivity index (χ2v) is 3.27. The van der Waals surface area contributed by atoms with Gasteiger partial charge in [-0.1, -0.05) is 23.8 Å². The summed E-state index contributed by atoms with van der Waals surface area (Å²) in [7, 11) is 0. The average molecular weight is 171 g/mol. The number of benzene rings is 1. The Hall–Kier alpha value is -1.55. The minimum Gasteiger partial charge on any atom is -0.193 e. The third kappa shape index (κ3) is 2.19. The van der Waals surface area contributed by atoms with Gasteiger partial charge in [-0.15, -0.1) is 0 Å². The molecule has 0 aromatic heterocycles. The van der Waals surface area contributed by atoms with Gasteiger partial charge in [0.1, 0.15) is 0 Å². The number of aryl methyl sites for hydroxylation is 2. The molecule has 1 rings (SSSR count). The predicted molar refractivity (Wildman–Crippen MR) is 55.2 cm³/mol. The second kappa shape index (κ2) is 3.91. The van der Waals surface area contributed by atoms with Gasteiger partial charge in [-0.05, 0) is 37.5 Å². The lowest BCUT2D eigenvalue weighted by molar-refractivity contribution is 1.35. The Morgan fingerprint density at radius 2 is 2.08 bits per heavy atom. The Kier molecular flexibility index (Phi) is 2.87. The molecule has 0 radical (unpaired) electrons. The van der Waals surface area contributed by atoms with Crippen LogP contribution in [0.25, 0.3) is 5.57 Å². The van der Waals surface area contributed by atoms with Gasteiger partial charge < -0.3 is 0 Å². The summed E-state index contributed by atoms with van der Waals surface area (Å²) in [5.74, 6) is 0. The largest absolute Gasteiger partial charge is 0.193 e. The average Bonchev–Trinajstić information content (AvgIpc) is 2.09. The molecule has 0 unspecified atom stereocenters. The van der Waals surface area contributed by atoms with Crippen molar-refractivity contribution in [1.82, 2.24) is 0 Å². The molecule has 0 spiro atoms. The minimum atomic E-state index is 1.03. The number of rotatable bonds is 1. The Morgan fingerprint density at radius 3 is 2.69 bits per heavy atom. The highest BCUT2D eigenvalue weighted by molar-refractivity contribution is 5.68. The van der Waals surface area contributed by atoms with Crippen LogP contribution in [0.4, 0.5) is 0 Å². The first-order chi connectivity index (χ1) is 6.15. The Balaban J connectivity index is 3.22. The molecule has 1 aromatic carbocycles. The summed E-state index contributed by atoms with van der Waals surface area (Å²) >= 11 is 0. The second-order valence-electron chi connectivity index (χ2n) is 3.27. The molecule has 13 heavy (non-hydrogen) atoms. The van der Waals surface area contributed by atoms with Crippen LogP contribution >= 0.6 is 0 Å². The number of hydrogen-bond donors (Lipinski definition) is 0. The predicted octanol–water partition coefficient (Wildman–Crippen LogP) is 3.23. The van der Waals surface area contributed by atoms with Crippen LogP contribution in [-0.4, -0.2) is 0 Å². The summed E-state index contributed by atoms with van der Waals surface area (Å²) in [5, 5.41) is 8.53. The lowest BCUT2D eigenvalue weighted by atomic mass is 9.99. The van der Waals surface area contributed by atoms with Crippen molar-refractivity contribution in [3.05, 3.63) is 41.0 Å². The van der Waals surface area contributed by atoms with E-state index in [1.807, 2.05) is 6.92 Å². The van der Waals surface area contributed by atoms with Crippen LogP contribution in [0, 0.1) is 25.2 Å². The van der Waals surface area contributed by atoms with E-state index < -0.39 is 0 Å². The fourth-order valence-corrected chi connectivity index (χ4v) is 1.34. The van der Waals surface area contributed by atoms with Gasteiger partial charge >= 0.3 is 0 Å². The molecule has 0 fully saturated rings. The van der Waals surface area contributed by atoms with Crippen LogP contribution in [0.3, 0.4) is 0 Å². The van der Waals surface area contributed by atoms with Gasteiger partial charge in [0, 0.05) is 6.08 Å². The van der Waals surface area contributed by atoms with Crippen LogP contribution in [0.15, 0.2) is 24.3 Å². The lowest BCUT2D eigenvalue weighted by Crippen LogP contribution is -1.86. The quantitative estimate of drug-likeness (QED) is 0.595. The first kappa shape index (κ1) is 9.54. The minimum absolute atomic E-state index is 1.03. The van der Waals surface area contributed by atoms with Crippen molar-refractivity contribution < 1.29 is 0 Å². The highest BCUT2D eigenvalue weighted by atomic mass is 14.2. The van der Waals surface area contributed by atoms with Crippen molar-refractivity contribution in [3.63, 3.8) is 0 Å². The number of nitrogens with zero attached hydrogens (tertiary/aromatic N) is 1. The van der Waals surface area contributed by atoms with E-state index in [1.165, 1.54) is 16.7 Å². The summed E-state index contributed by atoms with van der Waals surface area (Å²) in [6.07, 6.45) is 1.59. The number of allylic oxidation sites excluding steroid dienone is 2. The van der Waals surface area contributed by atoms with Crippen LogP contribution < -0.4 is 0 Å². The van der Waals surface area contributed by atoms with E-state index in [9.17, 15) is 0 Å². The molecule has 0 saturated carbocycles. The molecule has 66 valence electrons. The number of nitriles is 1.